The molecule has 6 rings (SSSR count). The van der Waals surface area contributed by atoms with Crippen LogP contribution in [0.2, 0.25) is 0 Å². The molecule has 23 heavy (non-hydrogen) atoms. The van der Waals surface area contributed by atoms with Gasteiger partial charge in [0.25, 0.3) is 5.89 Å². The zero-order valence-electron chi connectivity index (χ0n) is 12.8. The number of fused-ring (bicyclic) bond motifs is 5. The molecular formula is C17H18N4O2. The Labute approximate surface area is 133 Å². The number of rotatable bonds is 2. The van der Waals surface area contributed by atoms with Gasteiger partial charge in [-0.3, -0.25) is 0 Å². The van der Waals surface area contributed by atoms with Crippen molar-refractivity contribution in [3.63, 3.8) is 0 Å². The third-order valence-electron chi connectivity index (χ3n) is 4.95. The first-order valence-corrected chi connectivity index (χ1v) is 8.18. The number of aromatic nitrogens is 2. The SMILES string of the molecule is c1ccc2oc(-c3nnc(N4CCN5CCC4CC5)o3)cc2c1. The fourth-order valence-electron chi connectivity index (χ4n) is 3.66. The van der Waals surface area contributed by atoms with Crippen LogP contribution in [-0.2, 0) is 0 Å². The van der Waals surface area contributed by atoms with Crippen LogP contribution in [-0.4, -0.2) is 47.3 Å². The molecule has 0 N–H and O–H groups in total. The monoisotopic (exact) mass is 310 g/mol. The van der Waals surface area contributed by atoms with E-state index in [1.54, 1.807) is 0 Å². The molecule has 3 aliphatic rings. The van der Waals surface area contributed by atoms with E-state index in [9.17, 15) is 0 Å². The zero-order valence-corrected chi connectivity index (χ0v) is 12.8. The lowest BCUT2D eigenvalue weighted by Crippen LogP contribution is -2.38. The largest absolute Gasteiger partial charge is 0.451 e. The average molecular weight is 310 g/mol. The van der Waals surface area contributed by atoms with Crippen molar-refractivity contribution in [2.24, 2.45) is 0 Å². The van der Waals surface area contributed by atoms with Gasteiger partial charge in [0, 0.05) is 37.6 Å². The molecule has 0 unspecified atom stereocenters. The topological polar surface area (TPSA) is 58.5 Å². The summed E-state index contributed by atoms with van der Waals surface area (Å²) in [4.78, 5) is 4.78. The van der Waals surface area contributed by atoms with Crippen LogP contribution in [0.1, 0.15) is 12.8 Å². The van der Waals surface area contributed by atoms with Gasteiger partial charge in [0.05, 0.1) is 0 Å². The van der Waals surface area contributed by atoms with Crippen molar-refractivity contribution in [2.75, 3.05) is 31.1 Å². The van der Waals surface area contributed by atoms with Crippen molar-refractivity contribution in [2.45, 2.75) is 18.9 Å². The lowest BCUT2D eigenvalue weighted by Gasteiger charge is -2.29. The molecular weight excluding hydrogens is 292 g/mol. The number of nitrogens with zero attached hydrogens (tertiary/aromatic N) is 4. The second-order valence-electron chi connectivity index (χ2n) is 6.30. The Kier molecular flexibility index (Phi) is 2.91. The van der Waals surface area contributed by atoms with Gasteiger partial charge in [0.2, 0.25) is 0 Å². The number of hydrogen-bond acceptors (Lipinski definition) is 6. The second-order valence-corrected chi connectivity index (χ2v) is 6.30. The van der Waals surface area contributed by atoms with Gasteiger partial charge in [-0.15, -0.1) is 5.10 Å². The van der Waals surface area contributed by atoms with E-state index in [4.69, 9.17) is 8.83 Å². The van der Waals surface area contributed by atoms with Gasteiger partial charge in [-0.1, -0.05) is 23.3 Å². The molecule has 0 amide bonds. The van der Waals surface area contributed by atoms with Crippen LogP contribution < -0.4 is 4.90 Å². The first kappa shape index (κ1) is 13.1. The summed E-state index contributed by atoms with van der Waals surface area (Å²) in [6.45, 7) is 4.36. The maximum atomic E-state index is 5.94. The van der Waals surface area contributed by atoms with Crippen molar-refractivity contribution in [3.05, 3.63) is 30.3 Å². The van der Waals surface area contributed by atoms with Crippen molar-refractivity contribution in [3.8, 4) is 11.7 Å². The highest BCUT2D eigenvalue weighted by Gasteiger charge is 2.32. The van der Waals surface area contributed by atoms with Crippen molar-refractivity contribution in [1.29, 1.82) is 0 Å². The Balaban J connectivity index is 1.47. The molecule has 6 nitrogen and oxygen atoms in total. The Hall–Kier alpha value is -2.34. The third-order valence-corrected chi connectivity index (χ3v) is 4.95. The van der Waals surface area contributed by atoms with Crippen LogP contribution in [0.25, 0.3) is 22.6 Å². The summed E-state index contributed by atoms with van der Waals surface area (Å²) >= 11 is 0. The third kappa shape index (κ3) is 2.21. The van der Waals surface area contributed by atoms with Crippen LogP contribution in [0.4, 0.5) is 6.01 Å². The van der Waals surface area contributed by atoms with Gasteiger partial charge in [-0.05, 0) is 25.0 Å². The molecule has 118 valence electrons. The van der Waals surface area contributed by atoms with E-state index in [0.717, 1.165) is 24.1 Å². The molecule has 0 radical (unpaired) electrons. The van der Waals surface area contributed by atoms with Gasteiger partial charge in [-0.25, -0.2) is 0 Å². The van der Waals surface area contributed by atoms with Gasteiger partial charge in [-0.2, -0.15) is 0 Å². The zero-order chi connectivity index (χ0) is 15.2. The summed E-state index contributed by atoms with van der Waals surface area (Å²) in [6.07, 6.45) is 2.34. The summed E-state index contributed by atoms with van der Waals surface area (Å²) in [6, 6.07) is 11.0. The van der Waals surface area contributed by atoms with Crippen LogP contribution in [0.15, 0.2) is 39.2 Å². The predicted molar refractivity (Wildman–Crippen MR) is 86.3 cm³/mol. The molecule has 3 aromatic rings. The molecule has 2 aromatic heterocycles. The molecule has 2 bridgehead atoms. The summed E-state index contributed by atoms with van der Waals surface area (Å²) in [5, 5.41) is 9.52. The number of hydrogen-bond donors (Lipinski definition) is 0. The Morgan fingerprint density at radius 3 is 2.70 bits per heavy atom. The fraction of sp³-hybridized carbons (Fsp3) is 0.412. The van der Waals surface area contributed by atoms with Gasteiger partial charge < -0.3 is 18.6 Å². The maximum Gasteiger partial charge on any atom is 0.318 e. The summed E-state index contributed by atoms with van der Waals surface area (Å²) in [7, 11) is 0. The molecule has 1 aromatic carbocycles. The van der Waals surface area contributed by atoms with E-state index in [1.807, 2.05) is 30.3 Å². The van der Waals surface area contributed by atoms with Crippen molar-refractivity contribution in [1.82, 2.24) is 15.1 Å². The molecule has 5 heterocycles. The van der Waals surface area contributed by atoms with Crippen LogP contribution in [0.3, 0.4) is 0 Å². The Morgan fingerprint density at radius 2 is 1.83 bits per heavy atom. The molecule has 3 fully saturated rings. The minimum atomic E-state index is 0.454. The molecule has 0 spiro atoms. The van der Waals surface area contributed by atoms with Gasteiger partial charge in [0.1, 0.15) is 5.58 Å². The smallest absolute Gasteiger partial charge is 0.318 e. The number of anilines is 1. The summed E-state index contributed by atoms with van der Waals surface area (Å²) in [5.74, 6) is 1.09. The van der Waals surface area contributed by atoms with E-state index in [1.165, 1.54) is 25.9 Å². The Bertz CT molecular complexity index is 799. The quantitative estimate of drug-likeness (QED) is 0.725. The molecule has 6 heteroatoms. The maximum absolute atomic E-state index is 5.94. The molecule has 3 saturated heterocycles. The minimum Gasteiger partial charge on any atom is -0.451 e. The van der Waals surface area contributed by atoms with E-state index >= 15 is 0 Å². The fourth-order valence-corrected chi connectivity index (χ4v) is 3.66. The average Bonchev–Trinajstić information content (AvgIpc) is 3.14. The first-order chi connectivity index (χ1) is 11.4. The number of piperidine rings is 1. The van der Waals surface area contributed by atoms with Crippen LogP contribution >= 0.6 is 0 Å². The summed E-state index contributed by atoms with van der Waals surface area (Å²) in [5.41, 5.74) is 0.837. The molecule has 0 atom stereocenters. The van der Waals surface area contributed by atoms with E-state index in [2.05, 4.69) is 20.0 Å². The van der Waals surface area contributed by atoms with Crippen LogP contribution in [0.5, 0.6) is 0 Å². The number of para-hydroxylation sites is 1. The summed E-state index contributed by atoms with van der Waals surface area (Å²) < 4.78 is 11.8. The highest BCUT2D eigenvalue weighted by atomic mass is 16.4. The molecule has 3 aliphatic heterocycles. The predicted octanol–water partition coefficient (Wildman–Crippen LogP) is 2.77. The molecule has 0 aliphatic carbocycles. The van der Waals surface area contributed by atoms with E-state index in [-0.39, 0.29) is 0 Å². The number of benzene rings is 1. The number of furan rings is 1. The van der Waals surface area contributed by atoms with Crippen LogP contribution in [0, 0.1) is 0 Å². The highest BCUT2D eigenvalue weighted by Crippen LogP contribution is 2.31. The van der Waals surface area contributed by atoms with E-state index < -0.39 is 0 Å². The normalized spacial score (nSPS) is 24.3. The van der Waals surface area contributed by atoms with E-state index in [0.29, 0.717) is 23.7 Å². The molecule has 0 saturated carbocycles. The lowest BCUT2D eigenvalue weighted by molar-refractivity contribution is 0.249. The van der Waals surface area contributed by atoms with Gasteiger partial charge >= 0.3 is 6.01 Å². The lowest BCUT2D eigenvalue weighted by atomic mass is 10.1. The van der Waals surface area contributed by atoms with Crippen molar-refractivity contribution >= 4 is 17.0 Å². The standard InChI is InChI=1S/C17H18N4O2/c1-2-4-14-12(3-1)11-15(22-14)16-18-19-17(23-16)21-10-9-20-7-5-13(21)6-8-20/h1-4,11,13H,5-10H2. The second kappa shape index (κ2) is 5.09. The minimum absolute atomic E-state index is 0.454. The first-order valence-electron chi connectivity index (χ1n) is 8.18. The Morgan fingerprint density at radius 1 is 0.957 bits per heavy atom. The van der Waals surface area contributed by atoms with Gasteiger partial charge in [0.15, 0.2) is 5.76 Å². The highest BCUT2D eigenvalue weighted by molar-refractivity contribution is 5.81. The van der Waals surface area contributed by atoms with Crippen molar-refractivity contribution < 1.29 is 8.83 Å².